The molecule has 1 aromatic carbocycles. The van der Waals surface area contributed by atoms with Gasteiger partial charge in [-0.05, 0) is 12.5 Å². The third-order valence-corrected chi connectivity index (χ3v) is 2.83. The van der Waals surface area contributed by atoms with Crippen LogP contribution in [0, 0.1) is 0 Å². The van der Waals surface area contributed by atoms with Crippen LogP contribution in [-0.4, -0.2) is 9.67 Å². The molecule has 0 spiro atoms. The van der Waals surface area contributed by atoms with Crippen molar-refractivity contribution in [3.8, 4) is 0 Å². The molecule has 16 heavy (non-hydrogen) atoms. The quantitative estimate of drug-likeness (QED) is 0.774. The molecule has 1 atom stereocenters. The zero-order chi connectivity index (χ0) is 11.5. The normalized spacial score (nSPS) is 12.7. The van der Waals surface area contributed by atoms with E-state index in [9.17, 15) is 5.11 Å². The first-order chi connectivity index (χ1) is 7.74. The first-order valence-corrected chi connectivity index (χ1v) is 5.51. The fourth-order valence-electron chi connectivity index (χ4n) is 1.94. The molecule has 0 saturated heterocycles. The highest BCUT2D eigenvalue weighted by Crippen LogP contribution is 2.18. The van der Waals surface area contributed by atoms with E-state index in [1.54, 1.807) is 0 Å². The van der Waals surface area contributed by atoms with Crippen molar-refractivity contribution in [2.45, 2.75) is 19.6 Å². The summed E-state index contributed by atoms with van der Waals surface area (Å²) >= 11 is 0. The summed E-state index contributed by atoms with van der Waals surface area (Å²) in [6, 6.07) is 9.72. The Labute approximate surface area is 95.6 Å². The molecule has 3 heteroatoms. The lowest BCUT2D eigenvalue weighted by molar-refractivity contribution is -0.682. The van der Waals surface area contributed by atoms with Crippen molar-refractivity contribution < 1.29 is 9.67 Å². The van der Waals surface area contributed by atoms with Gasteiger partial charge in [-0.3, -0.25) is 0 Å². The van der Waals surface area contributed by atoms with Crippen LogP contribution in [0.4, 0.5) is 0 Å². The minimum Gasteiger partial charge on any atom is -0.376 e. The number of aliphatic hydroxyl groups is 1. The van der Waals surface area contributed by atoms with Crippen LogP contribution in [-0.2, 0) is 13.6 Å². The summed E-state index contributed by atoms with van der Waals surface area (Å²) in [7, 11) is 1.95. The highest BCUT2D eigenvalue weighted by Gasteiger charge is 2.23. The number of benzene rings is 1. The van der Waals surface area contributed by atoms with Crippen molar-refractivity contribution in [2.24, 2.45) is 7.05 Å². The van der Waals surface area contributed by atoms with Crippen LogP contribution in [0.25, 0.3) is 0 Å². The van der Waals surface area contributed by atoms with E-state index in [1.165, 1.54) is 0 Å². The third kappa shape index (κ3) is 1.86. The van der Waals surface area contributed by atoms with E-state index in [2.05, 4.69) is 11.5 Å². The van der Waals surface area contributed by atoms with E-state index >= 15 is 0 Å². The van der Waals surface area contributed by atoms with E-state index in [-0.39, 0.29) is 0 Å². The molecule has 84 valence electrons. The Morgan fingerprint density at radius 3 is 2.62 bits per heavy atom. The van der Waals surface area contributed by atoms with Crippen LogP contribution in [0.2, 0.25) is 0 Å². The van der Waals surface area contributed by atoms with E-state index in [1.807, 2.05) is 54.3 Å². The molecule has 0 radical (unpaired) electrons. The van der Waals surface area contributed by atoms with Crippen LogP contribution in [0.1, 0.15) is 24.4 Å². The highest BCUT2D eigenvalue weighted by atomic mass is 16.3. The second kappa shape index (κ2) is 4.49. The summed E-state index contributed by atoms with van der Waals surface area (Å²) in [6.07, 6.45) is 3.38. The van der Waals surface area contributed by atoms with Gasteiger partial charge in [-0.1, -0.05) is 30.3 Å². The zero-order valence-corrected chi connectivity index (χ0v) is 9.67. The average molecular weight is 217 g/mol. The Hall–Kier alpha value is -1.61. The van der Waals surface area contributed by atoms with Crippen LogP contribution in [0.5, 0.6) is 0 Å². The smallest absolute Gasteiger partial charge is 0.290 e. The monoisotopic (exact) mass is 217 g/mol. The van der Waals surface area contributed by atoms with E-state index in [0.29, 0.717) is 0 Å². The summed E-state index contributed by atoms with van der Waals surface area (Å²) in [5, 5.41) is 10.3. The number of hydrogen-bond acceptors (Lipinski definition) is 1. The molecule has 0 aliphatic rings. The standard InChI is InChI=1S/C13H17N2O/c1-3-15-10-9-14(2)13(15)12(16)11-7-5-4-6-8-11/h4-10,12,16H,3H2,1-2H3/q+1. The van der Waals surface area contributed by atoms with E-state index < -0.39 is 6.10 Å². The summed E-state index contributed by atoms with van der Waals surface area (Å²) in [5.74, 6) is 0.911. The molecule has 0 amide bonds. The maximum absolute atomic E-state index is 10.3. The van der Waals surface area contributed by atoms with Crippen LogP contribution in [0.15, 0.2) is 42.7 Å². The predicted molar refractivity (Wildman–Crippen MR) is 61.8 cm³/mol. The van der Waals surface area contributed by atoms with Crippen molar-refractivity contribution in [2.75, 3.05) is 0 Å². The number of aliphatic hydroxyl groups excluding tert-OH is 1. The topological polar surface area (TPSA) is 29.0 Å². The minimum absolute atomic E-state index is 0.568. The maximum Gasteiger partial charge on any atom is 0.290 e. The number of aromatic nitrogens is 2. The fraction of sp³-hybridized carbons (Fsp3) is 0.308. The predicted octanol–water partition coefficient (Wildman–Crippen LogP) is 1.41. The van der Waals surface area contributed by atoms with E-state index in [4.69, 9.17) is 0 Å². The summed E-state index contributed by atoms with van der Waals surface area (Å²) in [6.45, 7) is 2.93. The van der Waals surface area contributed by atoms with Crippen LogP contribution < -0.4 is 4.57 Å². The van der Waals surface area contributed by atoms with Gasteiger partial charge in [-0.25, -0.2) is 9.13 Å². The molecule has 0 aliphatic carbocycles. The molecule has 1 N–H and O–H groups in total. The molecule has 3 nitrogen and oxygen atoms in total. The minimum atomic E-state index is -0.568. The number of hydrogen-bond donors (Lipinski definition) is 1. The van der Waals surface area contributed by atoms with Crippen molar-refractivity contribution in [3.63, 3.8) is 0 Å². The Balaban J connectivity index is 2.41. The number of rotatable bonds is 3. The van der Waals surface area contributed by atoms with Gasteiger partial charge in [0, 0.05) is 0 Å². The molecule has 2 aromatic rings. The number of imidazole rings is 1. The summed E-state index contributed by atoms with van der Waals surface area (Å²) in [5.41, 5.74) is 0.923. The first kappa shape index (κ1) is 10.9. The maximum atomic E-state index is 10.3. The Morgan fingerprint density at radius 2 is 2.00 bits per heavy atom. The summed E-state index contributed by atoms with van der Waals surface area (Å²) in [4.78, 5) is 0. The third-order valence-electron chi connectivity index (χ3n) is 2.83. The second-order valence-electron chi connectivity index (χ2n) is 3.87. The fourth-order valence-corrected chi connectivity index (χ4v) is 1.94. The van der Waals surface area contributed by atoms with Gasteiger partial charge in [-0.2, -0.15) is 0 Å². The Bertz CT molecular complexity index is 462. The van der Waals surface area contributed by atoms with Crippen molar-refractivity contribution in [1.82, 2.24) is 4.57 Å². The van der Waals surface area contributed by atoms with Gasteiger partial charge < -0.3 is 5.11 Å². The lowest BCUT2D eigenvalue weighted by atomic mass is 10.1. The Kier molecular flexibility index (Phi) is 3.06. The molecule has 0 aliphatic heterocycles. The first-order valence-electron chi connectivity index (χ1n) is 5.51. The molecule has 1 heterocycles. The molecule has 0 fully saturated rings. The second-order valence-corrected chi connectivity index (χ2v) is 3.87. The molecule has 0 saturated carbocycles. The van der Waals surface area contributed by atoms with Crippen molar-refractivity contribution >= 4 is 0 Å². The van der Waals surface area contributed by atoms with Gasteiger partial charge in [0.05, 0.1) is 13.6 Å². The largest absolute Gasteiger partial charge is 0.376 e. The zero-order valence-electron chi connectivity index (χ0n) is 9.67. The van der Waals surface area contributed by atoms with Gasteiger partial charge in [0.1, 0.15) is 12.4 Å². The number of nitrogens with zero attached hydrogens (tertiary/aromatic N) is 2. The average Bonchev–Trinajstić information content (AvgIpc) is 2.70. The molecule has 2 rings (SSSR count). The van der Waals surface area contributed by atoms with Gasteiger partial charge >= 0.3 is 0 Å². The van der Waals surface area contributed by atoms with E-state index in [0.717, 1.165) is 17.9 Å². The van der Waals surface area contributed by atoms with Gasteiger partial charge in [0.15, 0.2) is 6.10 Å². The lowest BCUT2D eigenvalue weighted by Gasteiger charge is -2.08. The highest BCUT2D eigenvalue weighted by molar-refractivity contribution is 5.21. The van der Waals surface area contributed by atoms with Gasteiger partial charge in [0.25, 0.3) is 5.82 Å². The SMILES string of the molecule is CCn1cc[n+](C)c1C(O)c1ccccc1. The van der Waals surface area contributed by atoms with Crippen molar-refractivity contribution in [3.05, 3.63) is 54.1 Å². The van der Waals surface area contributed by atoms with Crippen molar-refractivity contribution in [1.29, 1.82) is 0 Å². The molecule has 0 bridgehead atoms. The molecular weight excluding hydrogens is 200 g/mol. The number of aryl methyl sites for hydroxylation is 2. The molecule has 1 unspecified atom stereocenters. The summed E-state index contributed by atoms with van der Waals surface area (Å²) < 4.78 is 4.01. The van der Waals surface area contributed by atoms with Crippen LogP contribution >= 0.6 is 0 Å². The van der Waals surface area contributed by atoms with Crippen LogP contribution in [0.3, 0.4) is 0 Å². The Morgan fingerprint density at radius 1 is 1.31 bits per heavy atom. The van der Waals surface area contributed by atoms with Gasteiger partial charge in [0.2, 0.25) is 0 Å². The molecule has 1 aromatic heterocycles. The van der Waals surface area contributed by atoms with Gasteiger partial charge in [-0.15, -0.1) is 0 Å². The molecular formula is C13H17N2O+. The lowest BCUT2D eigenvalue weighted by Crippen LogP contribution is -2.34.